The van der Waals surface area contributed by atoms with Crippen LogP contribution in [0.4, 0.5) is 0 Å². The molecule has 3 aromatic rings. The molecule has 0 aliphatic heterocycles. The highest BCUT2D eigenvalue weighted by atomic mass is 16.5. The van der Waals surface area contributed by atoms with E-state index in [4.69, 9.17) is 18.6 Å². The molecule has 0 bridgehead atoms. The predicted molar refractivity (Wildman–Crippen MR) is 127 cm³/mol. The number of methoxy groups -OCH3 is 3. The molecule has 1 aromatic heterocycles. The summed E-state index contributed by atoms with van der Waals surface area (Å²) in [5, 5.41) is 3.79. The standard InChI is InChI=1S/C25H30N2O5/c1-16(11-25(28)26-9-10-27(2)3)18-13-20-21(15-32-24(20)14-23(18)31-6)19-12-17(29-4)7-8-22(19)30-5/h7-8,11-15H,9-10H2,1-6H3,(H,26,28)/b16-11+. The average Bonchev–Trinajstić information content (AvgIpc) is 3.20. The molecule has 1 N–H and O–H groups in total. The molecular weight excluding hydrogens is 408 g/mol. The monoisotopic (exact) mass is 438 g/mol. The number of hydrogen-bond acceptors (Lipinski definition) is 6. The zero-order valence-electron chi connectivity index (χ0n) is 19.4. The molecule has 0 aliphatic carbocycles. The highest BCUT2D eigenvalue weighted by Crippen LogP contribution is 2.41. The second kappa shape index (κ2) is 10.2. The van der Waals surface area contributed by atoms with Crippen LogP contribution in [0.2, 0.25) is 0 Å². The number of hydrogen-bond donors (Lipinski definition) is 1. The molecule has 3 rings (SSSR count). The largest absolute Gasteiger partial charge is 0.497 e. The highest BCUT2D eigenvalue weighted by Gasteiger charge is 2.17. The van der Waals surface area contributed by atoms with Gasteiger partial charge in [0.25, 0.3) is 0 Å². The van der Waals surface area contributed by atoms with Gasteiger partial charge >= 0.3 is 0 Å². The van der Waals surface area contributed by atoms with Crippen molar-refractivity contribution in [2.24, 2.45) is 0 Å². The molecule has 0 spiro atoms. The second-order valence-electron chi connectivity index (χ2n) is 7.69. The van der Waals surface area contributed by atoms with Gasteiger partial charge < -0.3 is 28.8 Å². The molecule has 1 amide bonds. The van der Waals surface area contributed by atoms with Crippen molar-refractivity contribution in [2.75, 3.05) is 48.5 Å². The molecule has 0 saturated carbocycles. The molecule has 0 radical (unpaired) electrons. The van der Waals surface area contributed by atoms with Crippen LogP contribution in [-0.4, -0.2) is 59.3 Å². The molecule has 0 atom stereocenters. The number of carbonyl (C=O) groups is 1. The lowest BCUT2D eigenvalue weighted by molar-refractivity contribution is -0.116. The summed E-state index contributed by atoms with van der Waals surface area (Å²) in [5.41, 5.74) is 3.99. The van der Waals surface area contributed by atoms with E-state index in [1.165, 1.54) is 0 Å². The van der Waals surface area contributed by atoms with E-state index in [2.05, 4.69) is 5.32 Å². The van der Waals surface area contributed by atoms with Gasteiger partial charge in [0.05, 0.1) is 27.6 Å². The van der Waals surface area contributed by atoms with E-state index in [0.29, 0.717) is 29.4 Å². The third kappa shape index (κ3) is 5.06. The Balaban J connectivity index is 2.04. The van der Waals surface area contributed by atoms with Crippen LogP contribution in [0.5, 0.6) is 17.2 Å². The number of fused-ring (bicyclic) bond motifs is 1. The quantitative estimate of drug-likeness (QED) is 0.505. The number of likely N-dealkylation sites (N-methyl/N-ethyl adjacent to an activating group) is 1. The molecule has 170 valence electrons. The van der Waals surface area contributed by atoms with Crippen LogP contribution < -0.4 is 19.5 Å². The van der Waals surface area contributed by atoms with Crippen molar-refractivity contribution in [3.63, 3.8) is 0 Å². The van der Waals surface area contributed by atoms with E-state index in [1.807, 2.05) is 56.3 Å². The third-order valence-electron chi connectivity index (χ3n) is 5.22. The first kappa shape index (κ1) is 23.2. The smallest absolute Gasteiger partial charge is 0.244 e. The summed E-state index contributed by atoms with van der Waals surface area (Å²) in [6.45, 7) is 3.24. The summed E-state index contributed by atoms with van der Waals surface area (Å²) in [6, 6.07) is 9.43. The number of nitrogens with one attached hydrogen (secondary N) is 1. The van der Waals surface area contributed by atoms with E-state index >= 15 is 0 Å². The van der Waals surface area contributed by atoms with Crippen LogP contribution in [0, 0.1) is 0 Å². The molecule has 0 saturated heterocycles. The molecule has 7 heteroatoms. The number of nitrogens with zero attached hydrogens (tertiary/aromatic N) is 1. The fraction of sp³-hybridized carbons (Fsp3) is 0.320. The molecule has 2 aromatic carbocycles. The predicted octanol–water partition coefficient (Wildman–Crippen LogP) is 4.21. The van der Waals surface area contributed by atoms with Crippen molar-refractivity contribution in [1.82, 2.24) is 10.2 Å². The van der Waals surface area contributed by atoms with E-state index < -0.39 is 0 Å². The number of benzene rings is 2. The van der Waals surface area contributed by atoms with Crippen molar-refractivity contribution in [3.8, 4) is 28.4 Å². The van der Waals surface area contributed by atoms with E-state index in [1.54, 1.807) is 33.7 Å². The zero-order chi connectivity index (χ0) is 23.3. The Hall–Kier alpha value is -3.45. The molecule has 0 unspecified atom stereocenters. The Morgan fingerprint density at radius 2 is 1.78 bits per heavy atom. The van der Waals surface area contributed by atoms with Crippen LogP contribution in [0.15, 0.2) is 47.1 Å². The Kier molecular flexibility index (Phi) is 7.43. The number of furan rings is 1. The van der Waals surface area contributed by atoms with Crippen molar-refractivity contribution in [1.29, 1.82) is 0 Å². The maximum Gasteiger partial charge on any atom is 0.244 e. The molecule has 1 heterocycles. The van der Waals surface area contributed by atoms with Gasteiger partial charge in [0.15, 0.2) is 0 Å². The molecule has 0 aliphatic rings. The normalized spacial score (nSPS) is 11.7. The molecule has 0 fully saturated rings. The van der Waals surface area contributed by atoms with Crippen LogP contribution >= 0.6 is 0 Å². The van der Waals surface area contributed by atoms with Gasteiger partial charge in [-0.1, -0.05) is 0 Å². The Labute approximate surface area is 188 Å². The SMILES string of the molecule is COc1ccc(OC)c(-c2coc3cc(OC)c(/C(C)=C/C(=O)NCCN(C)C)cc23)c1. The van der Waals surface area contributed by atoms with Gasteiger partial charge in [0.1, 0.15) is 22.8 Å². The Bertz CT molecular complexity index is 1130. The van der Waals surface area contributed by atoms with Gasteiger partial charge in [-0.2, -0.15) is 0 Å². The van der Waals surface area contributed by atoms with Gasteiger partial charge in [0, 0.05) is 47.3 Å². The first-order valence-electron chi connectivity index (χ1n) is 10.3. The second-order valence-corrected chi connectivity index (χ2v) is 7.69. The minimum Gasteiger partial charge on any atom is -0.497 e. The van der Waals surface area contributed by atoms with E-state index in [-0.39, 0.29) is 5.91 Å². The zero-order valence-corrected chi connectivity index (χ0v) is 19.4. The van der Waals surface area contributed by atoms with Crippen molar-refractivity contribution in [2.45, 2.75) is 6.92 Å². The van der Waals surface area contributed by atoms with Gasteiger partial charge in [-0.3, -0.25) is 4.79 Å². The van der Waals surface area contributed by atoms with E-state index in [0.717, 1.165) is 34.2 Å². The minimum atomic E-state index is -0.145. The third-order valence-corrected chi connectivity index (χ3v) is 5.22. The van der Waals surface area contributed by atoms with Crippen molar-refractivity contribution >= 4 is 22.4 Å². The van der Waals surface area contributed by atoms with Gasteiger partial charge in [-0.05, 0) is 50.9 Å². The fourth-order valence-electron chi connectivity index (χ4n) is 3.49. The van der Waals surface area contributed by atoms with Crippen LogP contribution in [0.25, 0.3) is 27.7 Å². The Morgan fingerprint density at radius 3 is 2.44 bits per heavy atom. The Morgan fingerprint density at radius 1 is 1.03 bits per heavy atom. The van der Waals surface area contributed by atoms with Gasteiger partial charge in [0.2, 0.25) is 5.91 Å². The van der Waals surface area contributed by atoms with E-state index in [9.17, 15) is 4.79 Å². The minimum absolute atomic E-state index is 0.145. The van der Waals surface area contributed by atoms with Crippen LogP contribution in [-0.2, 0) is 4.79 Å². The maximum atomic E-state index is 12.4. The lowest BCUT2D eigenvalue weighted by atomic mass is 9.98. The molecular formula is C25H30N2O5. The number of ether oxygens (including phenoxy) is 3. The first-order chi connectivity index (χ1) is 15.4. The lowest BCUT2D eigenvalue weighted by Crippen LogP contribution is -2.30. The number of allylic oxidation sites excluding steroid dienone is 1. The van der Waals surface area contributed by atoms with Gasteiger partial charge in [-0.15, -0.1) is 0 Å². The summed E-state index contributed by atoms with van der Waals surface area (Å²) in [5.74, 6) is 1.91. The lowest BCUT2D eigenvalue weighted by Gasteiger charge is -2.12. The summed E-state index contributed by atoms with van der Waals surface area (Å²) >= 11 is 0. The first-order valence-corrected chi connectivity index (χ1v) is 10.3. The average molecular weight is 439 g/mol. The maximum absolute atomic E-state index is 12.4. The topological polar surface area (TPSA) is 73.2 Å². The van der Waals surface area contributed by atoms with Gasteiger partial charge in [-0.25, -0.2) is 0 Å². The fourth-order valence-corrected chi connectivity index (χ4v) is 3.49. The highest BCUT2D eigenvalue weighted by molar-refractivity contribution is 6.01. The van der Waals surface area contributed by atoms with Crippen LogP contribution in [0.3, 0.4) is 0 Å². The summed E-state index contributed by atoms with van der Waals surface area (Å²) in [6.07, 6.45) is 3.28. The van der Waals surface area contributed by atoms with Crippen molar-refractivity contribution in [3.05, 3.63) is 48.2 Å². The number of carbonyl (C=O) groups excluding carboxylic acids is 1. The summed E-state index contributed by atoms with van der Waals surface area (Å²) < 4.78 is 22.4. The number of rotatable bonds is 9. The summed E-state index contributed by atoms with van der Waals surface area (Å²) in [7, 11) is 8.79. The van der Waals surface area contributed by atoms with Crippen molar-refractivity contribution < 1.29 is 23.4 Å². The molecule has 7 nitrogen and oxygen atoms in total. The number of amides is 1. The molecule has 32 heavy (non-hydrogen) atoms. The summed E-state index contributed by atoms with van der Waals surface area (Å²) in [4.78, 5) is 14.4. The van der Waals surface area contributed by atoms with Crippen LogP contribution in [0.1, 0.15) is 12.5 Å².